The molecule has 0 saturated carbocycles. The Morgan fingerprint density at radius 2 is 2.04 bits per heavy atom. The van der Waals surface area contributed by atoms with E-state index < -0.39 is 0 Å². The molecule has 0 radical (unpaired) electrons. The lowest BCUT2D eigenvalue weighted by atomic mass is 10.0. The molecule has 0 amide bonds. The molecule has 0 atom stereocenters. The summed E-state index contributed by atoms with van der Waals surface area (Å²) >= 11 is 7.74. The Hall–Kier alpha value is -2.97. The van der Waals surface area contributed by atoms with Crippen LogP contribution in [0.3, 0.4) is 0 Å². The van der Waals surface area contributed by atoms with E-state index in [4.69, 9.17) is 11.6 Å². The molecule has 0 aliphatic rings. The maximum atomic E-state index is 14.7. The Labute approximate surface area is 169 Å². The molecule has 3 aromatic heterocycles. The third-order valence-corrected chi connectivity index (χ3v) is 5.05. The summed E-state index contributed by atoms with van der Waals surface area (Å²) in [6, 6.07) is 7.04. The lowest BCUT2D eigenvalue weighted by Gasteiger charge is -2.12. The number of aryl methyl sites for hydroxylation is 2. The van der Waals surface area contributed by atoms with Crippen molar-refractivity contribution in [3.63, 3.8) is 0 Å². The second-order valence-corrected chi connectivity index (χ2v) is 7.42. The van der Waals surface area contributed by atoms with Crippen molar-refractivity contribution in [2.45, 2.75) is 13.8 Å². The van der Waals surface area contributed by atoms with Crippen LogP contribution in [0, 0.1) is 19.7 Å². The van der Waals surface area contributed by atoms with Crippen molar-refractivity contribution < 1.29 is 4.39 Å². The number of hydrogen-bond acceptors (Lipinski definition) is 6. The number of nitrogens with zero attached hydrogens (tertiary/aromatic N) is 3. The van der Waals surface area contributed by atoms with Gasteiger partial charge in [0.15, 0.2) is 11.6 Å². The van der Waals surface area contributed by atoms with Gasteiger partial charge in [-0.25, -0.2) is 9.37 Å². The van der Waals surface area contributed by atoms with Crippen molar-refractivity contribution in [2.24, 2.45) is 0 Å². The second-order valence-electron chi connectivity index (χ2n) is 6.24. The second kappa shape index (κ2) is 7.57. The predicted octanol–water partition coefficient (Wildman–Crippen LogP) is 5.82. The minimum Gasteiger partial charge on any atom is -0.322 e. The Kier molecular flexibility index (Phi) is 4.97. The van der Waals surface area contributed by atoms with Gasteiger partial charge < -0.3 is 10.6 Å². The molecule has 4 aromatic rings. The maximum absolute atomic E-state index is 14.7. The highest BCUT2D eigenvalue weighted by atomic mass is 35.5. The van der Waals surface area contributed by atoms with Gasteiger partial charge in [-0.3, -0.25) is 5.10 Å². The van der Waals surface area contributed by atoms with Crippen LogP contribution in [0.5, 0.6) is 0 Å². The molecule has 6 nitrogen and oxygen atoms in total. The van der Waals surface area contributed by atoms with Crippen LogP contribution in [-0.4, -0.2) is 20.2 Å². The van der Waals surface area contributed by atoms with Crippen molar-refractivity contribution in [1.29, 1.82) is 0 Å². The van der Waals surface area contributed by atoms with Gasteiger partial charge in [0.25, 0.3) is 0 Å². The first-order valence-electron chi connectivity index (χ1n) is 8.41. The van der Waals surface area contributed by atoms with Crippen LogP contribution < -0.4 is 10.6 Å². The summed E-state index contributed by atoms with van der Waals surface area (Å²) in [6.07, 6.45) is 1.45. The number of halogens is 2. The lowest BCUT2D eigenvalue weighted by Crippen LogP contribution is -2.03. The third kappa shape index (κ3) is 3.83. The fourth-order valence-electron chi connectivity index (χ4n) is 2.74. The van der Waals surface area contributed by atoms with Gasteiger partial charge in [-0.2, -0.15) is 21.4 Å². The number of aromatic amines is 1. The quantitative estimate of drug-likeness (QED) is 0.383. The topological polar surface area (TPSA) is 78.5 Å². The largest absolute Gasteiger partial charge is 0.322 e. The van der Waals surface area contributed by atoms with E-state index in [-0.39, 0.29) is 11.8 Å². The molecule has 0 spiro atoms. The van der Waals surface area contributed by atoms with Gasteiger partial charge >= 0.3 is 0 Å². The Morgan fingerprint density at radius 3 is 2.75 bits per heavy atom. The van der Waals surface area contributed by atoms with Gasteiger partial charge in [0, 0.05) is 11.8 Å². The van der Waals surface area contributed by atoms with Crippen molar-refractivity contribution in [2.75, 3.05) is 10.6 Å². The first-order chi connectivity index (χ1) is 13.5. The zero-order valence-corrected chi connectivity index (χ0v) is 16.6. The molecule has 0 aliphatic carbocycles. The average molecular weight is 415 g/mol. The lowest BCUT2D eigenvalue weighted by molar-refractivity contribution is 0.631. The third-order valence-electron chi connectivity index (χ3n) is 4.09. The monoisotopic (exact) mass is 414 g/mol. The van der Waals surface area contributed by atoms with Gasteiger partial charge in [0.05, 0.1) is 11.9 Å². The molecule has 0 saturated heterocycles. The van der Waals surface area contributed by atoms with Gasteiger partial charge in [-0.05, 0) is 59.5 Å². The summed E-state index contributed by atoms with van der Waals surface area (Å²) in [5, 5.41) is 17.1. The van der Waals surface area contributed by atoms with Crippen molar-refractivity contribution in [1.82, 2.24) is 20.2 Å². The van der Waals surface area contributed by atoms with E-state index in [9.17, 15) is 4.39 Å². The molecule has 0 bridgehead atoms. The summed E-state index contributed by atoms with van der Waals surface area (Å²) in [6.45, 7) is 3.82. The van der Waals surface area contributed by atoms with Gasteiger partial charge in [-0.15, -0.1) is 0 Å². The van der Waals surface area contributed by atoms with Crippen LogP contribution in [0.15, 0.2) is 41.2 Å². The summed E-state index contributed by atoms with van der Waals surface area (Å²) in [5.41, 5.74) is 3.99. The van der Waals surface area contributed by atoms with Crippen LogP contribution >= 0.6 is 22.9 Å². The molecule has 0 unspecified atom stereocenters. The fourth-order valence-corrected chi connectivity index (χ4v) is 3.54. The molecule has 28 heavy (non-hydrogen) atoms. The summed E-state index contributed by atoms with van der Waals surface area (Å²) in [5.74, 6) is 0.785. The Balaban J connectivity index is 1.60. The normalized spacial score (nSPS) is 10.9. The highest BCUT2D eigenvalue weighted by molar-refractivity contribution is 7.08. The zero-order valence-electron chi connectivity index (χ0n) is 15.0. The minimum atomic E-state index is -0.386. The number of H-pyrrole nitrogens is 1. The van der Waals surface area contributed by atoms with E-state index in [2.05, 4.69) is 30.8 Å². The van der Waals surface area contributed by atoms with Gasteiger partial charge in [0.2, 0.25) is 5.95 Å². The number of nitrogens with one attached hydrogen (secondary N) is 3. The summed E-state index contributed by atoms with van der Waals surface area (Å²) < 4.78 is 14.7. The highest BCUT2D eigenvalue weighted by Crippen LogP contribution is 2.31. The summed E-state index contributed by atoms with van der Waals surface area (Å²) in [4.78, 5) is 8.47. The van der Waals surface area contributed by atoms with Crippen LogP contribution in [0.1, 0.15) is 11.3 Å². The van der Waals surface area contributed by atoms with Crippen LogP contribution in [-0.2, 0) is 0 Å². The van der Waals surface area contributed by atoms with Crippen LogP contribution in [0.4, 0.5) is 27.7 Å². The molecule has 3 N–H and O–H groups in total. The Morgan fingerprint density at radius 1 is 1.18 bits per heavy atom. The number of benzene rings is 1. The van der Waals surface area contributed by atoms with Crippen LogP contribution in [0.25, 0.3) is 11.1 Å². The van der Waals surface area contributed by atoms with E-state index in [0.717, 1.165) is 22.4 Å². The summed E-state index contributed by atoms with van der Waals surface area (Å²) in [7, 11) is 0. The molecular weight excluding hydrogens is 399 g/mol. The molecule has 0 aliphatic heterocycles. The number of hydrogen-bond donors (Lipinski definition) is 3. The van der Waals surface area contributed by atoms with E-state index >= 15 is 0 Å². The standard InChI is InChI=1S/C19H16ClFN6S/c1-10-5-16(15(21)7-13(10)12-3-4-28-9-12)23-19-22-8-14(20)18(25-19)24-17-6-11(2)26-27-17/h3-9H,1-2H3,(H3,22,23,24,25,26,27). The van der Waals surface area contributed by atoms with Gasteiger partial charge in [-0.1, -0.05) is 11.6 Å². The molecule has 9 heteroatoms. The van der Waals surface area contributed by atoms with Gasteiger partial charge in [0.1, 0.15) is 10.8 Å². The fraction of sp³-hybridized carbons (Fsp3) is 0.105. The van der Waals surface area contributed by atoms with Crippen molar-refractivity contribution in [3.05, 3.63) is 63.3 Å². The highest BCUT2D eigenvalue weighted by Gasteiger charge is 2.13. The number of anilines is 4. The number of thiophene rings is 1. The van der Waals surface area contributed by atoms with E-state index in [1.54, 1.807) is 17.4 Å². The average Bonchev–Trinajstić information content (AvgIpc) is 3.32. The predicted molar refractivity (Wildman–Crippen MR) is 111 cm³/mol. The minimum absolute atomic E-state index is 0.223. The van der Waals surface area contributed by atoms with Crippen molar-refractivity contribution in [3.8, 4) is 11.1 Å². The zero-order chi connectivity index (χ0) is 19.7. The number of aromatic nitrogens is 4. The smallest absolute Gasteiger partial charge is 0.229 e. The van der Waals surface area contributed by atoms with E-state index in [1.165, 1.54) is 12.3 Å². The Bertz CT molecular complexity index is 1130. The molecule has 142 valence electrons. The molecule has 1 aromatic carbocycles. The molecule has 3 heterocycles. The van der Waals surface area contributed by atoms with E-state index in [0.29, 0.717) is 22.3 Å². The first-order valence-corrected chi connectivity index (χ1v) is 9.73. The SMILES string of the molecule is Cc1cc(Nc2nc(Nc3cc(C)c(-c4ccsc4)cc3F)ncc2Cl)n[nH]1. The molecular formula is C19H16ClFN6S. The maximum Gasteiger partial charge on any atom is 0.229 e. The van der Waals surface area contributed by atoms with E-state index in [1.807, 2.05) is 36.7 Å². The number of rotatable bonds is 5. The van der Waals surface area contributed by atoms with Crippen molar-refractivity contribution >= 4 is 46.2 Å². The molecule has 4 rings (SSSR count). The molecule has 0 fully saturated rings. The first kappa shape index (κ1) is 18.4. The van der Waals surface area contributed by atoms with Crippen LogP contribution in [0.2, 0.25) is 5.02 Å².